The highest BCUT2D eigenvalue weighted by Crippen LogP contribution is 2.27. The highest BCUT2D eigenvalue weighted by atomic mass is 127. The lowest BCUT2D eigenvalue weighted by Crippen LogP contribution is -2.37. The third-order valence-corrected chi connectivity index (χ3v) is 4.21. The van der Waals surface area contributed by atoms with Gasteiger partial charge in [0.25, 0.3) is 0 Å². The van der Waals surface area contributed by atoms with Crippen molar-refractivity contribution in [3.05, 3.63) is 53.6 Å². The zero-order chi connectivity index (χ0) is 20.2. The molecule has 0 heterocycles. The molecule has 6 nitrogen and oxygen atoms in total. The highest BCUT2D eigenvalue weighted by Gasteiger charge is 2.05. The highest BCUT2D eigenvalue weighted by molar-refractivity contribution is 14.0. The van der Waals surface area contributed by atoms with Crippen molar-refractivity contribution in [2.45, 2.75) is 26.3 Å². The molecule has 0 bridgehead atoms. The summed E-state index contributed by atoms with van der Waals surface area (Å²) < 4.78 is 16.3. The SMILES string of the molecule is CCCOc1cccc(CCNC(=NC)NCc2ccc(OC)c(OC)c2)c1.I. The van der Waals surface area contributed by atoms with E-state index in [0.717, 1.165) is 54.8 Å². The molecule has 0 spiro atoms. The maximum absolute atomic E-state index is 5.69. The van der Waals surface area contributed by atoms with Crippen molar-refractivity contribution in [2.24, 2.45) is 4.99 Å². The molecule has 0 atom stereocenters. The van der Waals surface area contributed by atoms with E-state index in [0.29, 0.717) is 6.54 Å². The summed E-state index contributed by atoms with van der Waals surface area (Å²) in [5.41, 5.74) is 2.32. The Morgan fingerprint density at radius 3 is 2.45 bits per heavy atom. The van der Waals surface area contributed by atoms with E-state index in [9.17, 15) is 0 Å². The van der Waals surface area contributed by atoms with Crippen LogP contribution in [0.25, 0.3) is 0 Å². The van der Waals surface area contributed by atoms with Crippen molar-refractivity contribution in [1.29, 1.82) is 0 Å². The van der Waals surface area contributed by atoms with Crippen LogP contribution >= 0.6 is 24.0 Å². The quantitative estimate of drug-likeness (QED) is 0.286. The summed E-state index contributed by atoms with van der Waals surface area (Å²) in [6, 6.07) is 14.1. The van der Waals surface area contributed by atoms with E-state index >= 15 is 0 Å². The van der Waals surface area contributed by atoms with Crippen molar-refractivity contribution in [2.75, 3.05) is 34.4 Å². The number of nitrogens with one attached hydrogen (secondary N) is 2. The summed E-state index contributed by atoms with van der Waals surface area (Å²) in [7, 11) is 5.04. The fourth-order valence-electron chi connectivity index (χ4n) is 2.73. The molecule has 0 amide bonds. The number of rotatable bonds is 10. The monoisotopic (exact) mass is 513 g/mol. The molecule has 0 saturated heterocycles. The van der Waals surface area contributed by atoms with Gasteiger partial charge < -0.3 is 24.8 Å². The Kier molecular flexibility index (Phi) is 11.9. The Morgan fingerprint density at radius 2 is 1.76 bits per heavy atom. The maximum atomic E-state index is 5.69. The lowest BCUT2D eigenvalue weighted by Gasteiger charge is -2.14. The van der Waals surface area contributed by atoms with Crippen LogP contribution in [0.1, 0.15) is 24.5 Å². The van der Waals surface area contributed by atoms with Gasteiger partial charge in [0, 0.05) is 20.1 Å². The summed E-state index contributed by atoms with van der Waals surface area (Å²) in [6.45, 7) is 4.27. The molecule has 0 aromatic heterocycles. The van der Waals surface area contributed by atoms with Gasteiger partial charge >= 0.3 is 0 Å². The molecule has 0 aliphatic rings. The Balaban J connectivity index is 0.00000420. The van der Waals surface area contributed by atoms with Gasteiger partial charge in [-0.3, -0.25) is 4.99 Å². The Morgan fingerprint density at radius 1 is 0.966 bits per heavy atom. The molecule has 2 N–H and O–H groups in total. The fourth-order valence-corrected chi connectivity index (χ4v) is 2.73. The Bertz CT molecular complexity index is 769. The van der Waals surface area contributed by atoms with E-state index in [1.165, 1.54) is 5.56 Å². The van der Waals surface area contributed by atoms with Crippen LogP contribution in [0.4, 0.5) is 0 Å². The third kappa shape index (κ3) is 8.39. The maximum Gasteiger partial charge on any atom is 0.191 e. The topological polar surface area (TPSA) is 64.1 Å². The second-order valence-electron chi connectivity index (χ2n) is 6.29. The van der Waals surface area contributed by atoms with Gasteiger partial charge in [0.05, 0.1) is 20.8 Å². The molecule has 160 valence electrons. The van der Waals surface area contributed by atoms with Crippen LogP contribution < -0.4 is 24.8 Å². The molecular formula is C22H32IN3O3. The number of nitrogens with zero attached hydrogens (tertiary/aromatic N) is 1. The summed E-state index contributed by atoms with van der Waals surface area (Å²) >= 11 is 0. The molecule has 7 heteroatoms. The van der Waals surface area contributed by atoms with E-state index in [1.807, 2.05) is 30.3 Å². The van der Waals surface area contributed by atoms with Crippen LogP contribution in [-0.2, 0) is 13.0 Å². The number of hydrogen-bond donors (Lipinski definition) is 2. The van der Waals surface area contributed by atoms with E-state index < -0.39 is 0 Å². The predicted molar refractivity (Wildman–Crippen MR) is 129 cm³/mol. The van der Waals surface area contributed by atoms with Crippen molar-refractivity contribution < 1.29 is 14.2 Å². The number of methoxy groups -OCH3 is 2. The minimum absolute atomic E-state index is 0. The first-order valence-electron chi connectivity index (χ1n) is 9.57. The van der Waals surface area contributed by atoms with Crippen LogP contribution in [-0.4, -0.2) is 40.4 Å². The van der Waals surface area contributed by atoms with Crippen LogP contribution in [0, 0.1) is 0 Å². The molecule has 0 aliphatic heterocycles. The van der Waals surface area contributed by atoms with Crippen LogP contribution in [0.5, 0.6) is 17.2 Å². The second kappa shape index (κ2) is 13.9. The van der Waals surface area contributed by atoms with Gasteiger partial charge in [-0.2, -0.15) is 0 Å². The van der Waals surface area contributed by atoms with Crippen LogP contribution in [0.3, 0.4) is 0 Å². The number of hydrogen-bond acceptors (Lipinski definition) is 4. The molecule has 0 fully saturated rings. The largest absolute Gasteiger partial charge is 0.494 e. The Labute approximate surface area is 191 Å². The molecule has 0 saturated carbocycles. The predicted octanol–water partition coefficient (Wildman–Crippen LogP) is 4.02. The van der Waals surface area contributed by atoms with Gasteiger partial charge in [-0.15, -0.1) is 24.0 Å². The van der Waals surface area contributed by atoms with Crippen LogP contribution in [0.2, 0.25) is 0 Å². The van der Waals surface area contributed by atoms with E-state index in [1.54, 1.807) is 21.3 Å². The minimum atomic E-state index is 0. The van der Waals surface area contributed by atoms with E-state index in [4.69, 9.17) is 14.2 Å². The zero-order valence-corrected chi connectivity index (χ0v) is 20.0. The number of ether oxygens (including phenoxy) is 3. The van der Waals surface area contributed by atoms with Crippen LogP contribution in [0.15, 0.2) is 47.5 Å². The first-order valence-corrected chi connectivity index (χ1v) is 9.57. The summed E-state index contributed by atoms with van der Waals surface area (Å²) in [4.78, 5) is 4.28. The lowest BCUT2D eigenvalue weighted by atomic mass is 10.1. The molecule has 0 aliphatic carbocycles. The van der Waals surface area contributed by atoms with Gasteiger partial charge in [-0.25, -0.2) is 0 Å². The summed E-state index contributed by atoms with van der Waals surface area (Å²) in [6.07, 6.45) is 1.90. The summed E-state index contributed by atoms with van der Waals surface area (Å²) in [5, 5.41) is 6.66. The molecule has 2 aromatic rings. The van der Waals surface area contributed by atoms with Gasteiger partial charge in [-0.05, 0) is 48.2 Å². The average molecular weight is 513 g/mol. The molecule has 0 radical (unpaired) electrons. The normalized spacial score (nSPS) is 10.7. The first kappa shape index (κ1) is 24.9. The van der Waals surface area contributed by atoms with Crippen molar-refractivity contribution >= 4 is 29.9 Å². The average Bonchev–Trinajstić information content (AvgIpc) is 2.74. The van der Waals surface area contributed by atoms with E-state index in [-0.39, 0.29) is 24.0 Å². The smallest absolute Gasteiger partial charge is 0.191 e. The zero-order valence-electron chi connectivity index (χ0n) is 17.7. The standard InChI is InChI=1S/C22H31N3O3.HI/c1-5-13-28-19-8-6-7-17(14-19)11-12-24-22(23-2)25-16-18-9-10-20(26-3)21(15-18)27-4;/h6-10,14-15H,5,11-13,16H2,1-4H3,(H2,23,24,25);1H. The van der Waals surface area contributed by atoms with Crippen molar-refractivity contribution in [1.82, 2.24) is 10.6 Å². The van der Waals surface area contributed by atoms with Gasteiger partial charge in [0.1, 0.15) is 5.75 Å². The molecule has 0 unspecified atom stereocenters. The van der Waals surface area contributed by atoms with Gasteiger partial charge in [-0.1, -0.05) is 25.1 Å². The number of guanidine groups is 1. The van der Waals surface area contributed by atoms with Crippen molar-refractivity contribution in [3.63, 3.8) is 0 Å². The summed E-state index contributed by atoms with van der Waals surface area (Å²) in [5.74, 6) is 3.12. The number of benzene rings is 2. The van der Waals surface area contributed by atoms with Gasteiger partial charge in [0.2, 0.25) is 0 Å². The molecular weight excluding hydrogens is 481 g/mol. The van der Waals surface area contributed by atoms with Crippen molar-refractivity contribution in [3.8, 4) is 17.2 Å². The van der Waals surface area contributed by atoms with E-state index in [2.05, 4.69) is 34.7 Å². The second-order valence-corrected chi connectivity index (χ2v) is 6.29. The lowest BCUT2D eigenvalue weighted by molar-refractivity contribution is 0.317. The Hall–Kier alpha value is -2.16. The molecule has 2 rings (SSSR count). The fraction of sp³-hybridized carbons (Fsp3) is 0.409. The number of aliphatic imine (C=N–C) groups is 1. The molecule has 2 aromatic carbocycles. The minimum Gasteiger partial charge on any atom is -0.494 e. The first-order chi connectivity index (χ1) is 13.7. The van der Waals surface area contributed by atoms with Gasteiger partial charge in [0.15, 0.2) is 17.5 Å². The molecule has 29 heavy (non-hydrogen) atoms. The third-order valence-electron chi connectivity index (χ3n) is 4.21. The number of halogens is 1.